The molecule has 1 aromatic carbocycles. The van der Waals surface area contributed by atoms with Crippen molar-refractivity contribution in [3.8, 4) is 0 Å². The topological polar surface area (TPSA) is 68.0 Å². The molecule has 3 N–H and O–H groups in total. The van der Waals surface area contributed by atoms with Gasteiger partial charge in [-0.2, -0.15) is 0 Å². The highest BCUT2D eigenvalue weighted by Crippen LogP contribution is 2.27. The predicted molar refractivity (Wildman–Crippen MR) is 85.4 cm³/mol. The molecule has 0 atom stereocenters. The van der Waals surface area contributed by atoms with Gasteiger partial charge in [0.15, 0.2) is 0 Å². The van der Waals surface area contributed by atoms with Gasteiger partial charge in [-0.25, -0.2) is 0 Å². The van der Waals surface area contributed by atoms with E-state index < -0.39 is 5.91 Å². The van der Waals surface area contributed by atoms with Crippen LogP contribution in [-0.2, 0) is 5.41 Å². The molecule has 0 aliphatic rings. The maximum absolute atomic E-state index is 11.4. The van der Waals surface area contributed by atoms with E-state index in [0.717, 1.165) is 5.69 Å². The minimum absolute atomic E-state index is 0.0659. The first-order chi connectivity index (χ1) is 9.92. The van der Waals surface area contributed by atoms with Crippen LogP contribution in [-0.4, -0.2) is 17.4 Å². The van der Waals surface area contributed by atoms with Gasteiger partial charge in [-0.3, -0.25) is 9.78 Å². The van der Waals surface area contributed by atoms with E-state index in [-0.39, 0.29) is 5.41 Å². The monoisotopic (exact) mass is 283 g/mol. The van der Waals surface area contributed by atoms with E-state index in [1.54, 1.807) is 12.3 Å². The molecule has 21 heavy (non-hydrogen) atoms. The van der Waals surface area contributed by atoms with Crippen LogP contribution in [0.5, 0.6) is 0 Å². The molecule has 1 aromatic heterocycles. The van der Waals surface area contributed by atoms with Gasteiger partial charge in [0.2, 0.25) is 0 Å². The summed E-state index contributed by atoms with van der Waals surface area (Å²) in [4.78, 5) is 15.4. The minimum Gasteiger partial charge on any atom is -0.383 e. The van der Waals surface area contributed by atoms with Gasteiger partial charge in [0, 0.05) is 24.4 Å². The molecule has 0 saturated carbocycles. The lowest BCUT2D eigenvalue weighted by atomic mass is 9.82. The summed E-state index contributed by atoms with van der Waals surface area (Å²) in [6.45, 7) is 7.15. The second-order valence-corrected chi connectivity index (χ2v) is 5.84. The van der Waals surface area contributed by atoms with Crippen molar-refractivity contribution in [1.29, 1.82) is 0 Å². The number of hydrogen-bond donors (Lipinski definition) is 2. The molecule has 2 aromatic rings. The number of anilines is 1. The summed E-state index contributed by atoms with van der Waals surface area (Å²) in [6.07, 6.45) is 3.14. The van der Waals surface area contributed by atoms with E-state index in [4.69, 9.17) is 5.73 Å². The number of nitrogens with two attached hydrogens (primary N) is 1. The molecule has 0 saturated heterocycles. The molecule has 4 heteroatoms. The van der Waals surface area contributed by atoms with Gasteiger partial charge in [0.1, 0.15) is 0 Å². The molecule has 4 nitrogen and oxygen atoms in total. The molecule has 0 bridgehead atoms. The first-order valence-corrected chi connectivity index (χ1v) is 6.95. The molecular formula is C17H21N3O. The Morgan fingerprint density at radius 3 is 2.67 bits per heavy atom. The fraction of sp³-hybridized carbons (Fsp3) is 0.294. The van der Waals surface area contributed by atoms with Crippen molar-refractivity contribution in [3.05, 3.63) is 59.4 Å². The third-order valence-corrected chi connectivity index (χ3v) is 3.68. The van der Waals surface area contributed by atoms with E-state index in [0.29, 0.717) is 12.1 Å². The smallest absolute Gasteiger partial charge is 0.252 e. The predicted octanol–water partition coefficient (Wildman–Crippen LogP) is 2.88. The zero-order chi connectivity index (χ0) is 15.5. The maximum Gasteiger partial charge on any atom is 0.252 e. The van der Waals surface area contributed by atoms with Gasteiger partial charge in [0.05, 0.1) is 11.3 Å². The summed E-state index contributed by atoms with van der Waals surface area (Å²) in [5, 5.41) is 3.32. The first kappa shape index (κ1) is 15.0. The van der Waals surface area contributed by atoms with Crippen LogP contribution in [0.1, 0.15) is 35.3 Å². The van der Waals surface area contributed by atoms with E-state index in [1.165, 1.54) is 17.3 Å². The Morgan fingerprint density at radius 1 is 1.29 bits per heavy atom. The number of carbonyl (C=O) groups is 1. The van der Waals surface area contributed by atoms with Gasteiger partial charge in [-0.05, 0) is 24.1 Å². The van der Waals surface area contributed by atoms with Crippen molar-refractivity contribution < 1.29 is 4.79 Å². The van der Waals surface area contributed by atoms with Crippen LogP contribution in [0.15, 0.2) is 42.7 Å². The second-order valence-electron chi connectivity index (χ2n) is 5.84. The number of hydrogen-bond acceptors (Lipinski definition) is 3. The summed E-state index contributed by atoms with van der Waals surface area (Å²) < 4.78 is 0. The summed E-state index contributed by atoms with van der Waals surface area (Å²) in [5.41, 5.74) is 8.98. The number of pyridine rings is 1. The van der Waals surface area contributed by atoms with Crippen LogP contribution >= 0.6 is 0 Å². The van der Waals surface area contributed by atoms with Gasteiger partial charge in [-0.1, -0.05) is 38.1 Å². The lowest BCUT2D eigenvalue weighted by molar-refractivity contribution is 0.100. The number of benzene rings is 1. The lowest BCUT2D eigenvalue weighted by Crippen LogP contribution is -2.29. The number of primary amides is 1. The van der Waals surface area contributed by atoms with E-state index >= 15 is 0 Å². The van der Waals surface area contributed by atoms with Crippen LogP contribution in [0, 0.1) is 6.92 Å². The quantitative estimate of drug-likeness (QED) is 0.886. The van der Waals surface area contributed by atoms with Crippen molar-refractivity contribution in [2.45, 2.75) is 26.2 Å². The molecule has 0 aliphatic carbocycles. The molecule has 0 aliphatic heterocycles. The van der Waals surface area contributed by atoms with Crippen LogP contribution in [0.4, 0.5) is 5.69 Å². The maximum atomic E-state index is 11.4. The summed E-state index contributed by atoms with van der Waals surface area (Å²) in [7, 11) is 0. The summed E-state index contributed by atoms with van der Waals surface area (Å²) in [5.74, 6) is -0.473. The Morgan fingerprint density at radius 2 is 2.00 bits per heavy atom. The molecule has 0 spiro atoms. The Hall–Kier alpha value is -2.36. The van der Waals surface area contributed by atoms with Crippen molar-refractivity contribution >= 4 is 11.6 Å². The van der Waals surface area contributed by atoms with Crippen LogP contribution in [0.3, 0.4) is 0 Å². The Kier molecular flexibility index (Phi) is 4.26. The number of rotatable bonds is 5. The molecule has 2 rings (SSSR count). The average Bonchev–Trinajstić information content (AvgIpc) is 2.45. The summed E-state index contributed by atoms with van der Waals surface area (Å²) >= 11 is 0. The van der Waals surface area contributed by atoms with Crippen LogP contribution < -0.4 is 11.1 Å². The first-order valence-electron chi connectivity index (χ1n) is 6.95. The van der Waals surface area contributed by atoms with Crippen molar-refractivity contribution in [2.75, 3.05) is 11.9 Å². The van der Waals surface area contributed by atoms with E-state index in [1.807, 2.05) is 12.1 Å². The average molecular weight is 283 g/mol. The highest BCUT2D eigenvalue weighted by atomic mass is 16.1. The molecular weight excluding hydrogens is 262 g/mol. The minimum atomic E-state index is -0.473. The van der Waals surface area contributed by atoms with Crippen molar-refractivity contribution in [1.82, 2.24) is 4.98 Å². The highest BCUT2D eigenvalue weighted by Gasteiger charge is 2.22. The second kappa shape index (κ2) is 5.95. The standard InChI is InChI=1S/C17H21N3O/c1-12-6-4-5-7-14(12)17(2,3)11-20-15-8-9-19-10-13(15)16(18)21/h4-10H,11H2,1-3H3,(H2,18,21)(H,19,20). The van der Waals surface area contributed by atoms with Gasteiger partial charge < -0.3 is 11.1 Å². The highest BCUT2D eigenvalue weighted by molar-refractivity contribution is 5.98. The third kappa shape index (κ3) is 3.40. The molecule has 1 heterocycles. The van der Waals surface area contributed by atoms with Crippen molar-refractivity contribution in [3.63, 3.8) is 0 Å². The Labute approximate surface area is 125 Å². The van der Waals surface area contributed by atoms with E-state index in [2.05, 4.69) is 43.2 Å². The van der Waals surface area contributed by atoms with Crippen LogP contribution in [0.25, 0.3) is 0 Å². The molecule has 1 amide bonds. The SMILES string of the molecule is Cc1ccccc1C(C)(C)CNc1ccncc1C(N)=O. The Balaban J connectivity index is 2.20. The van der Waals surface area contributed by atoms with Gasteiger partial charge in [-0.15, -0.1) is 0 Å². The number of nitrogens with zero attached hydrogens (tertiary/aromatic N) is 1. The van der Waals surface area contributed by atoms with Gasteiger partial charge in [0.25, 0.3) is 5.91 Å². The molecule has 0 fully saturated rings. The number of carbonyl (C=O) groups excluding carboxylic acids is 1. The zero-order valence-electron chi connectivity index (χ0n) is 12.7. The van der Waals surface area contributed by atoms with Crippen molar-refractivity contribution in [2.24, 2.45) is 5.73 Å². The molecule has 110 valence electrons. The number of aromatic nitrogens is 1. The largest absolute Gasteiger partial charge is 0.383 e. The fourth-order valence-corrected chi connectivity index (χ4v) is 2.49. The number of amides is 1. The lowest BCUT2D eigenvalue weighted by Gasteiger charge is -2.28. The van der Waals surface area contributed by atoms with Gasteiger partial charge >= 0.3 is 0 Å². The number of aryl methyl sites for hydroxylation is 1. The third-order valence-electron chi connectivity index (χ3n) is 3.68. The number of nitrogens with one attached hydrogen (secondary N) is 1. The summed E-state index contributed by atoms with van der Waals surface area (Å²) in [6, 6.07) is 10.1. The Bertz CT molecular complexity index is 650. The van der Waals surface area contributed by atoms with E-state index in [9.17, 15) is 4.79 Å². The fourth-order valence-electron chi connectivity index (χ4n) is 2.49. The molecule has 0 unspecified atom stereocenters. The van der Waals surface area contributed by atoms with Crippen LogP contribution in [0.2, 0.25) is 0 Å². The normalized spacial score (nSPS) is 11.2. The zero-order valence-corrected chi connectivity index (χ0v) is 12.7. The molecule has 0 radical (unpaired) electrons.